The van der Waals surface area contributed by atoms with Crippen LogP contribution in [-0.4, -0.2) is 14.5 Å². The van der Waals surface area contributed by atoms with Gasteiger partial charge in [-0.25, -0.2) is 9.97 Å². The van der Waals surface area contributed by atoms with Crippen molar-refractivity contribution in [3.8, 4) is 50.7 Å². The maximum absolute atomic E-state index is 6.57. The first-order valence-corrected chi connectivity index (χ1v) is 16.8. The van der Waals surface area contributed by atoms with Gasteiger partial charge in [-0.2, -0.15) is 0 Å². The molecule has 0 aliphatic heterocycles. The van der Waals surface area contributed by atoms with E-state index in [0.29, 0.717) is 5.82 Å². The van der Waals surface area contributed by atoms with E-state index in [2.05, 4.69) is 144 Å². The molecule has 7 aromatic carbocycles. The molecule has 0 bridgehead atoms. The smallest absolute Gasteiger partial charge is 0.160 e. The lowest BCUT2D eigenvalue weighted by molar-refractivity contribution is 0.669. The molecule has 0 aliphatic carbocycles. The number of benzene rings is 7. The van der Waals surface area contributed by atoms with Crippen molar-refractivity contribution >= 4 is 43.7 Å². The van der Waals surface area contributed by atoms with Gasteiger partial charge in [0.1, 0.15) is 11.2 Å². The summed E-state index contributed by atoms with van der Waals surface area (Å²) in [6, 6.07) is 61.3. The maximum Gasteiger partial charge on any atom is 0.160 e. The van der Waals surface area contributed by atoms with Crippen LogP contribution < -0.4 is 0 Å². The molecular weight excluding hydrogens is 611 g/mol. The minimum absolute atomic E-state index is 0.659. The average molecular weight is 640 g/mol. The van der Waals surface area contributed by atoms with Crippen molar-refractivity contribution in [2.75, 3.05) is 0 Å². The van der Waals surface area contributed by atoms with Crippen LogP contribution in [0, 0.1) is 0 Å². The van der Waals surface area contributed by atoms with Gasteiger partial charge in [0, 0.05) is 43.9 Å². The summed E-state index contributed by atoms with van der Waals surface area (Å²) in [5.74, 6) is 0.659. The molecule has 50 heavy (non-hydrogen) atoms. The van der Waals surface area contributed by atoms with E-state index in [1.807, 2.05) is 36.4 Å². The van der Waals surface area contributed by atoms with E-state index in [4.69, 9.17) is 14.4 Å². The number of nitrogens with zero attached hydrogens (tertiary/aromatic N) is 3. The van der Waals surface area contributed by atoms with Crippen molar-refractivity contribution in [3.05, 3.63) is 176 Å². The first kappa shape index (κ1) is 28.3. The summed E-state index contributed by atoms with van der Waals surface area (Å²) >= 11 is 0. The molecule has 0 saturated carbocycles. The van der Waals surface area contributed by atoms with Crippen LogP contribution in [0.25, 0.3) is 94.5 Å². The highest BCUT2D eigenvalue weighted by Crippen LogP contribution is 2.41. The van der Waals surface area contributed by atoms with E-state index in [0.717, 1.165) is 66.8 Å². The zero-order valence-electron chi connectivity index (χ0n) is 27.0. The molecule has 10 aromatic rings. The largest absolute Gasteiger partial charge is 0.456 e. The lowest BCUT2D eigenvalue weighted by Gasteiger charge is -2.10. The average Bonchev–Trinajstić information content (AvgIpc) is 3.74. The van der Waals surface area contributed by atoms with E-state index in [1.54, 1.807) is 0 Å². The standard InChI is InChI=1S/C46H29N3O/c1-4-13-30(14-5-1)39-29-40(31-15-6-2-7-16-31)48-46(47-39)33-24-26-38-44(28-33)50-43-22-12-20-35(45(38)43)32-23-25-37-36-19-10-11-21-41(36)49(42(37)27-32)34-17-8-3-9-18-34/h1-29H. The van der Waals surface area contributed by atoms with Crippen LogP contribution in [0.3, 0.4) is 0 Å². The van der Waals surface area contributed by atoms with Gasteiger partial charge in [-0.05, 0) is 59.7 Å². The van der Waals surface area contributed by atoms with E-state index < -0.39 is 0 Å². The minimum atomic E-state index is 0.659. The first-order chi connectivity index (χ1) is 24.8. The van der Waals surface area contributed by atoms with Crippen LogP contribution in [0.1, 0.15) is 0 Å². The molecule has 0 radical (unpaired) electrons. The fourth-order valence-corrected chi connectivity index (χ4v) is 7.29. The quantitative estimate of drug-likeness (QED) is 0.188. The highest BCUT2D eigenvalue weighted by atomic mass is 16.3. The third-order valence-corrected chi connectivity index (χ3v) is 9.62. The van der Waals surface area contributed by atoms with E-state index >= 15 is 0 Å². The van der Waals surface area contributed by atoms with Gasteiger partial charge >= 0.3 is 0 Å². The zero-order chi connectivity index (χ0) is 33.0. The molecule has 0 fully saturated rings. The Kier molecular flexibility index (Phi) is 6.46. The Morgan fingerprint density at radius 2 is 1.02 bits per heavy atom. The summed E-state index contributed by atoms with van der Waals surface area (Å²) in [6.07, 6.45) is 0. The van der Waals surface area contributed by atoms with Crippen LogP contribution in [0.15, 0.2) is 180 Å². The Morgan fingerprint density at radius 3 is 1.76 bits per heavy atom. The fraction of sp³-hybridized carbons (Fsp3) is 0. The summed E-state index contributed by atoms with van der Waals surface area (Å²) in [4.78, 5) is 10.1. The summed E-state index contributed by atoms with van der Waals surface area (Å²) in [5.41, 5.74) is 12.2. The molecule has 3 aromatic heterocycles. The van der Waals surface area contributed by atoms with Gasteiger partial charge in [-0.15, -0.1) is 0 Å². The van der Waals surface area contributed by atoms with Gasteiger partial charge in [0.15, 0.2) is 5.82 Å². The first-order valence-electron chi connectivity index (χ1n) is 16.8. The van der Waals surface area contributed by atoms with Crippen LogP contribution in [0.2, 0.25) is 0 Å². The summed E-state index contributed by atoms with van der Waals surface area (Å²) in [7, 11) is 0. The van der Waals surface area contributed by atoms with Crippen molar-refractivity contribution in [1.29, 1.82) is 0 Å². The third-order valence-electron chi connectivity index (χ3n) is 9.62. The molecule has 10 rings (SSSR count). The monoisotopic (exact) mass is 639 g/mol. The van der Waals surface area contributed by atoms with Gasteiger partial charge in [0.25, 0.3) is 0 Å². The Balaban J connectivity index is 1.14. The van der Waals surface area contributed by atoms with Crippen molar-refractivity contribution in [1.82, 2.24) is 14.5 Å². The fourth-order valence-electron chi connectivity index (χ4n) is 7.29. The summed E-state index contributed by atoms with van der Waals surface area (Å²) < 4.78 is 8.94. The Hall–Kier alpha value is -6.78. The second kappa shape index (κ2) is 11.4. The molecule has 0 aliphatic rings. The molecule has 234 valence electrons. The number of furan rings is 1. The number of hydrogen-bond acceptors (Lipinski definition) is 3. The second-order valence-electron chi connectivity index (χ2n) is 12.6. The van der Waals surface area contributed by atoms with Crippen LogP contribution in [0.4, 0.5) is 0 Å². The normalized spacial score (nSPS) is 11.6. The molecule has 0 saturated heterocycles. The molecule has 4 heteroatoms. The lowest BCUT2D eigenvalue weighted by atomic mass is 9.98. The SMILES string of the molecule is c1ccc(-c2cc(-c3ccccc3)nc(-c3ccc4c(c3)oc3cccc(-c5ccc6c7ccccc7n(-c7ccccc7)c6c5)c34)n2)cc1. The number of hydrogen-bond donors (Lipinski definition) is 0. The Morgan fingerprint density at radius 1 is 0.400 bits per heavy atom. The van der Waals surface area contributed by atoms with Crippen molar-refractivity contribution in [2.45, 2.75) is 0 Å². The highest BCUT2D eigenvalue weighted by molar-refractivity contribution is 6.15. The van der Waals surface area contributed by atoms with Gasteiger partial charge < -0.3 is 8.98 Å². The Labute approximate surface area is 288 Å². The number of fused-ring (bicyclic) bond motifs is 6. The predicted octanol–water partition coefficient (Wildman–Crippen LogP) is 12.1. The lowest BCUT2D eigenvalue weighted by Crippen LogP contribution is -1.95. The second-order valence-corrected chi connectivity index (χ2v) is 12.6. The van der Waals surface area contributed by atoms with Gasteiger partial charge in [0.2, 0.25) is 0 Å². The maximum atomic E-state index is 6.57. The number of rotatable bonds is 5. The van der Waals surface area contributed by atoms with Crippen molar-refractivity contribution < 1.29 is 4.42 Å². The molecule has 0 amide bonds. The highest BCUT2D eigenvalue weighted by Gasteiger charge is 2.18. The third kappa shape index (κ3) is 4.61. The van der Waals surface area contributed by atoms with Crippen molar-refractivity contribution in [2.24, 2.45) is 0 Å². The van der Waals surface area contributed by atoms with E-state index in [9.17, 15) is 0 Å². The van der Waals surface area contributed by atoms with Gasteiger partial charge in [-0.1, -0.05) is 127 Å². The minimum Gasteiger partial charge on any atom is -0.456 e. The van der Waals surface area contributed by atoms with E-state index in [-0.39, 0.29) is 0 Å². The van der Waals surface area contributed by atoms with Crippen LogP contribution >= 0.6 is 0 Å². The van der Waals surface area contributed by atoms with Gasteiger partial charge in [-0.3, -0.25) is 0 Å². The molecule has 0 unspecified atom stereocenters. The summed E-state index contributed by atoms with van der Waals surface area (Å²) in [6.45, 7) is 0. The van der Waals surface area contributed by atoms with Crippen LogP contribution in [-0.2, 0) is 0 Å². The molecule has 0 atom stereocenters. The Bertz CT molecular complexity index is 2800. The van der Waals surface area contributed by atoms with Gasteiger partial charge in [0.05, 0.1) is 22.4 Å². The molecular formula is C46H29N3O. The van der Waals surface area contributed by atoms with Crippen molar-refractivity contribution in [3.63, 3.8) is 0 Å². The van der Waals surface area contributed by atoms with E-state index in [1.165, 1.54) is 21.8 Å². The number of para-hydroxylation sites is 2. The molecule has 4 nitrogen and oxygen atoms in total. The molecule has 3 heterocycles. The predicted molar refractivity (Wildman–Crippen MR) is 205 cm³/mol. The molecule has 0 spiro atoms. The summed E-state index contributed by atoms with van der Waals surface area (Å²) in [5, 5.41) is 4.63. The topological polar surface area (TPSA) is 43.9 Å². The van der Waals surface area contributed by atoms with Crippen LogP contribution in [0.5, 0.6) is 0 Å². The number of aromatic nitrogens is 3. The zero-order valence-corrected chi connectivity index (χ0v) is 27.0. The molecule has 0 N–H and O–H groups in total.